The Morgan fingerprint density at radius 3 is 2.44 bits per heavy atom. The predicted molar refractivity (Wildman–Crippen MR) is 99.7 cm³/mol. The van der Waals surface area contributed by atoms with Gasteiger partial charge in [0.1, 0.15) is 0 Å². The SMILES string of the molecule is CC(c1ccc(Cl)cc1)N(C)C(=O)c1ccc(Cn2cccn2)cc1. The molecule has 5 heteroatoms. The molecule has 0 bridgehead atoms. The van der Waals surface area contributed by atoms with E-state index in [-0.39, 0.29) is 11.9 Å². The van der Waals surface area contributed by atoms with Crippen LogP contribution in [0, 0.1) is 0 Å². The molecule has 4 nitrogen and oxygen atoms in total. The summed E-state index contributed by atoms with van der Waals surface area (Å²) in [5, 5.41) is 4.88. The first-order valence-electron chi connectivity index (χ1n) is 8.13. The van der Waals surface area contributed by atoms with Crippen molar-refractivity contribution >= 4 is 17.5 Å². The Balaban J connectivity index is 1.70. The van der Waals surface area contributed by atoms with Crippen LogP contribution in [0.15, 0.2) is 67.0 Å². The number of halogens is 1. The zero-order chi connectivity index (χ0) is 17.8. The first-order chi connectivity index (χ1) is 12.0. The summed E-state index contributed by atoms with van der Waals surface area (Å²) in [5.41, 5.74) is 2.83. The third-order valence-corrected chi connectivity index (χ3v) is 4.61. The van der Waals surface area contributed by atoms with E-state index in [1.807, 2.05) is 79.4 Å². The molecule has 1 unspecified atom stereocenters. The second-order valence-corrected chi connectivity index (χ2v) is 6.48. The van der Waals surface area contributed by atoms with Crippen molar-refractivity contribution in [2.45, 2.75) is 19.5 Å². The molecule has 1 heterocycles. The minimum Gasteiger partial charge on any atom is -0.335 e. The van der Waals surface area contributed by atoms with Gasteiger partial charge in [-0.05, 0) is 48.4 Å². The first-order valence-corrected chi connectivity index (χ1v) is 8.51. The lowest BCUT2D eigenvalue weighted by atomic mass is 10.1. The fourth-order valence-electron chi connectivity index (χ4n) is 2.68. The molecule has 1 atom stereocenters. The Hall–Kier alpha value is -2.59. The van der Waals surface area contributed by atoms with E-state index in [1.54, 1.807) is 11.1 Å². The van der Waals surface area contributed by atoms with E-state index >= 15 is 0 Å². The van der Waals surface area contributed by atoms with Crippen molar-refractivity contribution < 1.29 is 4.79 Å². The predicted octanol–water partition coefficient (Wildman–Crippen LogP) is 4.42. The summed E-state index contributed by atoms with van der Waals surface area (Å²) in [6.45, 7) is 2.70. The molecule has 0 spiro atoms. The molecule has 0 fully saturated rings. The second kappa shape index (κ2) is 7.53. The molecule has 3 rings (SSSR count). The molecule has 0 saturated carbocycles. The number of hydrogen-bond acceptors (Lipinski definition) is 2. The van der Waals surface area contributed by atoms with Gasteiger partial charge in [-0.15, -0.1) is 0 Å². The third kappa shape index (κ3) is 4.09. The maximum atomic E-state index is 12.7. The number of rotatable bonds is 5. The Morgan fingerprint density at radius 2 is 1.84 bits per heavy atom. The van der Waals surface area contributed by atoms with Crippen molar-refractivity contribution in [3.05, 3.63) is 88.7 Å². The standard InChI is InChI=1S/C20H20ClN3O/c1-15(17-8-10-19(21)11-9-17)23(2)20(25)18-6-4-16(5-7-18)14-24-13-3-12-22-24/h3-13,15H,14H2,1-2H3. The maximum absolute atomic E-state index is 12.7. The Labute approximate surface area is 152 Å². The van der Waals surface area contributed by atoms with Gasteiger partial charge in [-0.1, -0.05) is 35.9 Å². The molecule has 0 aliphatic heterocycles. The van der Waals surface area contributed by atoms with Crippen LogP contribution in [0.25, 0.3) is 0 Å². The van der Waals surface area contributed by atoms with Crippen molar-refractivity contribution in [3.8, 4) is 0 Å². The van der Waals surface area contributed by atoms with Crippen LogP contribution in [0.5, 0.6) is 0 Å². The van der Waals surface area contributed by atoms with E-state index in [1.165, 1.54) is 0 Å². The summed E-state index contributed by atoms with van der Waals surface area (Å²) in [4.78, 5) is 14.5. The molecule has 0 N–H and O–H groups in total. The lowest BCUT2D eigenvalue weighted by Crippen LogP contribution is -2.29. The largest absolute Gasteiger partial charge is 0.335 e. The van der Waals surface area contributed by atoms with Crippen LogP contribution in [-0.2, 0) is 6.54 Å². The number of amides is 1. The Bertz CT molecular complexity index is 826. The highest BCUT2D eigenvalue weighted by Gasteiger charge is 2.18. The van der Waals surface area contributed by atoms with E-state index in [0.717, 1.165) is 11.1 Å². The van der Waals surface area contributed by atoms with Crippen molar-refractivity contribution in [3.63, 3.8) is 0 Å². The van der Waals surface area contributed by atoms with Gasteiger partial charge in [-0.3, -0.25) is 9.48 Å². The highest BCUT2D eigenvalue weighted by molar-refractivity contribution is 6.30. The maximum Gasteiger partial charge on any atom is 0.254 e. The van der Waals surface area contributed by atoms with Gasteiger partial charge in [0, 0.05) is 30.0 Å². The van der Waals surface area contributed by atoms with Crippen LogP contribution in [-0.4, -0.2) is 27.6 Å². The van der Waals surface area contributed by atoms with Crippen LogP contribution in [0.2, 0.25) is 5.02 Å². The van der Waals surface area contributed by atoms with E-state index in [0.29, 0.717) is 17.1 Å². The fraction of sp³-hybridized carbons (Fsp3) is 0.200. The summed E-state index contributed by atoms with van der Waals surface area (Å²) in [7, 11) is 1.82. The average molecular weight is 354 g/mol. The fourth-order valence-corrected chi connectivity index (χ4v) is 2.80. The monoisotopic (exact) mass is 353 g/mol. The van der Waals surface area contributed by atoms with Gasteiger partial charge < -0.3 is 4.90 Å². The second-order valence-electron chi connectivity index (χ2n) is 6.04. The van der Waals surface area contributed by atoms with E-state index < -0.39 is 0 Å². The van der Waals surface area contributed by atoms with Crippen molar-refractivity contribution in [2.75, 3.05) is 7.05 Å². The lowest BCUT2D eigenvalue weighted by molar-refractivity contribution is 0.0742. The smallest absolute Gasteiger partial charge is 0.254 e. The van der Waals surface area contributed by atoms with Crippen molar-refractivity contribution in [1.29, 1.82) is 0 Å². The molecule has 25 heavy (non-hydrogen) atoms. The normalized spacial score (nSPS) is 12.0. The summed E-state index contributed by atoms with van der Waals surface area (Å²) in [6, 6.07) is 17.1. The topological polar surface area (TPSA) is 38.1 Å². The molecule has 2 aromatic carbocycles. The highest BCUT2D eigenvalue weighted by Crippen LogP contribution is 2.22. The average Bonchev–Trinajstić information content (AvgIpc) is 3.14. The highest BCUT2D eigenvalue weighted by atomic mass is 35.5. The van der Waals surface area contributed by atoms with Crippen molar-refractivity contribution in [2.24, 2.45) is 0 Å². The summed E-state index contributed by atoms with van der Waals surface area (Å²) in [5.74, 6) is -0.00640. The van der Waals surface area contributed by atoms with Crippen LogP contribution < -0.4 is 0 Å². The molecule has 1 amide bonds. The number of nitrogens with zero attached hydrogens (tertiary/aromatic N) is 3. The van der Waals surface area contributed by atoms with E-state index in [2.05, 4.69) is 5.10 Å². The molecule has 128 valence electrons. The molecular weight excluding hydrogens is 334 g/mol. The van der Waals surface area contributed by atoms with Gasteiger partial charge in [0.05, 0.1) is 12.6 Å². The molecule has 0 radical (unpaired) electrons. The van der Waals surface area contributed by atoms with Crippen LogP contribution in [0.1, 0.15) is 34.5 Å². The minimum atomic E-state index is -0.0338. The number of carbonyl (C=O) groups excluding carboxylic acids is 1. The number of aromatic nitrogens is 2. The molecule has 0 aliphatic carbocycles. The summed E-state index contributed by atoms with van der Waals surface area (Å²) in [6.07, 6.45) is 3.67. The molecule has 3 aromatic rings. The number of benzene rings is 2. The van der Waals surface area contributed by atoms with Crippen LogP contribution in [0.4, 0.5) is 0 Å². The van der Waals surface area contributed by atoms with Gasteiger partial charge in [-0.2, -0.15) is 5.10 Å². The van der Waals surface area contributed by atoms with Gasteiger partial charge in [0.15, 0.2) is 0 Å². The van der Waals surface area contributed by atoms with Crippen molar-refractivity contribution in [1.82, 2.24) is 14.7 Å². The summed E-state index contributed by atoms with van der Waals surface area (Å²) < 4.78 is 1.85. The lowest BCUT2D eigenvalue weighted by Gasteiger charge is -2.25. The zero-order valence-electron chi connectivity index (χ0n) is 14.3. The Kier molecular flexibility index (Phi) is 5.19. The molecule has 0 saturated heterocycles. The van der Waals surface area contributed by atoms with Gasteiger partial charge in [-0.25, -0.2) is 0 Å². The third-order valence-electron chi connectivity index (χ3n) is 4.36. The number of hydrogen-bond donors (Lipinski definition) is 0. The van der Waals surface area contributed by atoms with Gasteiger partial charge in [0.25, 0.3) is 5.91 Å². The molecule has 1 aromatic heterocycles. The van der Waals surface area contributed by atoms with Crippen LogP contribution in [0.3, 0.4) is 0 Å². The number of carbonyl (C=O) groups is 1. The van der Waals surface area contributed by atoms with Gasteiger partial charge >= 0.3 is 0 Å². The minimum absolute atomic E-state index is 0.00640. The van der Waals surface area contributed by atoms with E-state index in [9.17, 15) is 4.79 Å². The molecular formula is C20H20ClN3O. The Morgan fingerprint density at radius 1 is 1.16 bits per heavy atom. The quantitative estimate of drug-likeness (QED) is 0.681. The van der Waals surface area contributed by atoms with E-state index in [4.69, 9.17) is 11.6 Å². The van der Waals surface area contributed by atoms with Gasteiger partial charge in [0.2, 0.25) is 0 Å². The van der Waals surface area contributed by atoms with Crippen LogP contribution >= 0.6 is 11.6 Å². The molecule has 0 aliphatic rings. The summed E-state index contributed by atoms with van der Waals surface area (Å²) >= 11 is 5.93. The zero-order valence-corrected chi connectivity index (χ0v) is 15.0. The first kappa shape index (κ1) is 17.2.